The number of hydrogen-bond acceptors (Lipinski definition) is 6. The third-order valence-electron chi connectivity index (χ3n) is 5.65. The third-order valence-corrected chi connectivity index (χ3v) is 6.23. The number of aromatic amines is 1. The number of Topliss-reactive ketones (excluding diaryl/α,β-unsaturated/α-hetero) is 1. The fourth-order valence-corrected chi connectivity index (χ4v) is 4.29. The average Bonchev–Trinajstić information content (AvgIpc) is 3.35. The van der Waals surface area contributed by atoms with E-state index in [1.54, 1.807) is 36.4 Å². The van der Waals surface area contributed by atoms with Gasteiger partial charge in [-0.05, 0) is 43.7 Å². The molecular weight excluding hydrogens is 505 g/mol. The first kappa shape index (κ1) is 23.9. The first-order valence-corrected chi connectivity index (χ1v) is 11.6. The molecule has 0 bridgehead atoms. The predicted octanol–water partition coefficient (Wildman–Crippen LogP) is 5.61. The topological polar surface area (TPSA) is 121 Å². The minimum atomic E-state index is -1.81. The van der Waals surface area contributed by atoms with Crippen molar-refractivity contribution in [1.82, 2.24) is 14.5 Å². The maximum absolute atomic E-state index is 13.2. The molecule has 0 aliphatic carbocycles. The lowest BCUT2D eigenvalue weighted by Crippen LogP contribution is -2.32. The largest absolute Gasteiger partial charge is 0.493 e. The first-order valence-electron chi connectivity index (χ1n) is 10.8. The van der Waals surface area contributed by atoms with Crippen molar-refractivity contribution in [3.05, 3.63) is 87.1 Å². The van der Waals surface area contributed by atoms with Crippen LogP contribution in [-0.4, -0.2) is 36.1 Å². The van der Waals surface area contributed by atoms with Crippen LogP contribution >= 0.6 is 23.2 Å². The lowest BCUT2D eigenvalue weighted by molar-refractivity contribution is 0.0461. The predicted molar refractivity (Wildman–Crippen MR) is 137 cm³/mol. The Kier molecular flexibility index (Phi) is 5.75. The molecule has 0 fully saturated rings. The van der Waals surface area contributed by atoms with Crippen LogP contribution < -0.4 is 5.69 Å². The number of halogens is 2. The number of aromatic hydroxyl groups is 1. The molecule has 3 aromatic heterocycles. The van der Waals surface area contributed by atoms with Gasteiger partial charge < -0.3 is 14.6 Å². The maximum atomic E-state index is 13.2. The SMILES string of the molecule is CC(C)(O)C(=O)c1oc2nc(-c3ccccc3Cl)c(-c3ccc(Cl)cc3)cc2c1-n1cc(O)[nH]c1=O. The van der Waals surface area contributed by atoms with Gasteiger partial charge in [0.2, 0.25) is 17.4 Å². The molecule has 8 nitrogen and oxygen atoms in total. The van der Waals surface area contributed by atoms with E-state index in [9.17, 15) is 19.8 Å². The third kappa shape index (κ3) is 4.09. The number of pyridine rings is 1. The smallest absolute Gasteiger partial charge is 0.333 e. The number of hydrogen-bond donors (Lipinski definition) is 3. The van der Waals surface area contributed by atoms with Gasteiger partial charge in [-0.2, -0.15) is 0 Å². The number of H-pyrrole nitrogens is 1. The number of carbonyl (C=O) groups is 1. The van der Waals surface area contributed by atoms with Crippen LogP contribution in [0.3, 0.4) is 0 Å². The quantitative estimate of drug-likeness (QED) is 0.257. The number of aromatic nitrogens is 3. The van der Waals surface area contributed by atoms with Crippen molar-refractivity contribution in [1.29, 1.82) is 0 Å². The lowest BCUT2D eigenvalue weighted by Gasteiger charge is -2.14. The first-order chi connectivity index (χ1) is 17.0. The summed E-state index contributed by atoms with van der Waals surface area (Å²) < 4.78 is 6.92. The van der Waals surface area contributed by atoms with Gasteiger partial charge in [0.15, 0.2) is 5.76 Å². The molecular formula is C26H19Cl2N3O5. The summed E-state index contributed by atoms with van der Waals surface area (Å²) in [6.45, 7) is 2.62. The van der Waals surface area contributed by atoms with E-state index < -0.39 is 23.0 Å². The van der Waals surface area contributed by atoms with Gasteiger partial charge in [-0.1, -0.05) is 53.5 Å². The minimum Gasteiger partial charge on any atom is -0.493 e. The molecule has 36 heavy (non-hydrogen) atoms. The van der Waals surface area contributed by atoms with Crippen molar-refractivity contribution < 1.29 is 19.4 Å². The van der Waals surface area contributed by atoms with E-state index in [2.05, 4.69) is 4.98 Å². The van der Waals surface area contributed by atoms with Crippen LogP contribution in [0.15, 0.2) is 70.0 Å². The number of furan rings is 1. The van der Waals surface area contributed by atoms with E-state index in [0.29, 0.717) is 32.3 Å². The highest BCUT2D eigenvalue weighted by Crippen LogP contribution is 2.40. The number of aliphatic hydroxyl groups is 1. The highest BCUT2D eigenvalue weighted by molar-refractivity contribution is 6.33. The van der Waals surface area contributed by atoms with Gasteiger partial charge in [-0.15, -0.1) is 0 Å². The number of carbonyl (C=O) groups excluding carboxylic acids is 1. The summed E-state index contributed by atoms with van der Waals surface area (Å²) in [6.07, 6.45) is 1.12. The van der Waals surface area contributed by atoms with Gasteiger partial charge in [0, 0.05) is 21.2 Å². The summed E-state index contributed by atoms with van der Waals surface area (Å²) in [4.78, 5) is 32.7. The van der Waals surface area contributed by atoms with E-state index >= 15 is 0 Å². The number of fused-ring (bicyclic) bond motifs is 1. The Hall–Kier alpha value is -3.85. The van der Waals surface area contributed by atoms with Crippen LogP contribution in [0, 0.1) is 0 Å². The number of imidazole rings is 1. The second-order valence-corrected chi connectivity index (χ2v) is 9.55. The molecule has 0 aliphatic rings. The zero-order valence-electron chi connectivity index (χ0n) is 19.0. The maximum Gasteiger partial charge on any atom is 0.333 e. The monoisotopic (exact) mass is 523 g/mol. The number of nitrogens with one attached hydrogen (secondary N) is 1. The number of rotatable bonds is 5. The zero-order valence-corrected chi connectivity index (χ0v) is 20.6. The Labute approximate surface area is 214 Å². The molecule has 0 unspecified atom stereocenters. The molecule has 0 radical (unpaired) electrons. The Morgan fingerprint density at radius 2 is 1.78 bits per heavy atom. The van der Waals surface area contributed by atoms with Crippen molar-refractivity contribution >= 4 is 40.1 Å². The van der Waals surface area contributed by atoms with Crippen LogP contribution in [0.5, 0.6) is 5.88 Å². The molecule has 0 atom stereocenters. The zero-order chi connectivity index (χ0) is 25.8. The van der Waals surface area contributed by atoms with Crippen molar-refractivity contribution in [2.75, 3.05) is 0 Å². The van der Waals surface area contributed by atoms with Crippen LogP contribution in [0.1, 0.15) is 24.4 Å². The molecule has 0 spiro atoms. The summed E-state index contributed by atoms with van der Waals surface area (Å²) in [5.41, 5.74) is 0.0286. The summed E-state index contributed by atoms with van der Waals surface area (Å²) in [6, 6.07) is 15.9. The number of benzene rings is 2. The molecule has 5 aromatic rings. The molecule has 0 amide bonds. The molecule has 2 aromatic carbocycles. The molecule has 0 saturated carbocycles. The second kappa shape index (κ2) is 8.67. The van der Waals surface area contributed by atoms with E-state index in [1.807, 2.05) is 18.2 Å². The Bertz CT molecular complexity index is 1690. The molecule has 5 rings (SSSR count). The van der Waals surface area contributed by atoms with Crippen molar-refractivity contribution in [2.45, 2.75) is 19.4 Å². The minimum absolute atomic E-state index is 0.0343. The van der Waals surface area contributed by atoms with Crippen LogP contribution in [0.4, 0.5) is 0 Å². The summed E-state index contributed by atoms with van der Waals surface area (Å²) >= 11 is 12.6. The van der Waals surface area contributed by atoms with E-state index in [0.717, 1.165) is 16.3 Å². The molecule has 3 N–H and O–H groups in total. The summed E-state index contributed by atoms with van der Waals surface area (Å²) in [5, 5.41) is 21.6. The highest BCUT2D eigenvalue weighted by atomic mass is 35.5. The van der Waals surface area contributed by atoms with E-state index in [-0.39, 0.29) is 17.2 Å². The molecule has 0 saturated heterocycles. The second-order valence-electron chi connectivity index (χ2n) is 8.71. The summed E-state index contributed by atoms with van der Waals surface area (Å²) in [5.74, 6) is -1.46. The number of nitrogens with zero attached hydrogens (tertiary/aromatic N) is 2. The lowest BCUT2D eigenvalue weighted by atomic mass is 9.97. The molecule has 0 aliphatic heterocycles. The fourth-order valence-electron chi connectivity index (χ4n) is 3.94. The summed E-state index contributed by atoms with van der Waals surface area (Å²) in [7, 11) is 0. The van der Waals surface area contributed by atoms with Crippen LogP contribution in [-0.2, 0) is 0 Å². The van der Waals surface area contributed by atoms with Gasteiger partial charge in [0.1, 0.15) is 11.3 Å². The average molecular weight is 524 g/mol. The fraction of sp³-hybridized carbons (Fsp3) is 0.115. The van der Waals surface area contributed by atoms with Gasteiger partial charge in [-0.25, -0.2) is 9.78 Å². The molecule has 182 valence electrons. The number of ketones is 1. The normalized spacial score (nSPS) is 11.8. The van der Waals surface area contributed by atoms with Crippen molar-refractivity contribution in [3.8, 4) is 34.0 Å². The molecule has 10 heteroatoms. The van der Waals surface area contributed by atoms with Gasteiger partial charge in [0.25, 0.3) is 0 Å². The van der Waals surface area contributed by atoms with Crippen LogP contribution in [0.2, 0.25) is 10.0 Å². The van der Waals surface area contributed by atoms with Crippen molar-refractivity contribution in [2.24, 2.45) is 0 Å². The van der Waals surface area contributed by atoms with Gasteiger partial charge >= 0.3 is 5.69 Å². The van der Waals surface area contributed by atoms with E-state index in [1.165, 1.54) is 13.8 Å². The highest BCUT2D eigenvalue weighted by Gasteiger charge is 2.34. The van der Waals surface area contributed by atoms with Crippen LogP contribution in [0.25, 0.3) is 39.2 Å². The van der Waals surface area contributed by atoms with Gasteiger partial charge in [-0.3, -0.25) is 14.3 Å². The standard InChI is InChI=1S/C26H19Cl2N3O5/c1-26(2,35)23(33)22-21(31-12-19(32)29-25(31)34)17-11-16(13-7-9-14(27)10-8-13)20(30-24(17)36-22)15-5-3-4-6-18(15)28/h3-12,32,35H,1-2H3,(H,29,34). The molecule has 3 heterocycles. The van der Waals surface area contributed by atoms with Gasteiger partial charge in [0.05, 0.1) is 17.3 Å². The van der Waals surface area contributed by atoms with Crippen molar-refractivity contribution in [3.63, 3.8) is 0 Å². The van der Waals surface area contributed by atoms with E-state index in [4.69, 9.17) is 32.6 Å². The Morgan fingerprint density at radius 1 is 1.08 bits per heavy atom. The Balaban J connectivity index is 1.91. The Morgan fingerprint density at radius 3 is 2.39 bits per heavy atom.